The summed E-state index contributed by atoms with van der Waals surface area (Å²) < 4.78 is 1.98. The van der Waals surface area contributed by atoms with Crippen molar-refractivity contribution in [3.63, 3.8) is 0 Å². The van der Waals surface area contributed by atoms with Crippen LogP contribution in [0.5, 0.6) is 0 Å². The predicted octanol–water partition coefficient (Wildman–Crippen LogP) is 2.07. The number of nitrogens with one attached hydrogen (secondary N) is 3. The summed E-state index contributed by atoms with van der Waals surface area (Å²) in [6.45, 7) is 0.435. The Hall–Kier alpha value is -2.77. The first-order valence-corrected chi connectivity index (χ1v) is 9.96. The number of pyridine rings is 1. The predicted molar refractivity (Wildman–Crippen MR) is 107 cm³/mol. The third-order valence-electron chi connectivity index (χ3n) is 5.96. The SMILES string of the molecule is O=C(NCc1cccnc1-n1cnc2ccccc21)C1NNC2CCCCC21. The number of benzene rings is 1. The minimum Gasteiger partial charge on any atom is -0.350 e. The van der Waals surface area contributed by atoms with E-state index in [1.165, 1.54) is 12.8 Å². The average molecular weight is 376 g/mol. The minimum atomic E-state index is -0.167. The number of fused-ring (bicyclic) bond motifs is 2. The van der Waals surface area contributed by atoms with E-state index in [0.717, 1.165) is 35.3 Å². The van der Waals surface area contributed by atoms with E-state index < -0.39 is 0 Å². The molecular formula is C21H24N6O. The Bertz CT molecular complexity index is 999. The molecule has 2 aromatic heterocycles. The lowest BCUT2D eigenvalue weighted by Gasteiger charge is -2.26. The molecule has 3 heterocycles. The van der Waals surface area contributed by atoms with Gasteiger partial charge in [-0.2, -0.15) is 0 Å². The molecule has 1 saturated carbocycles. The molecule has 7 nitrogen and oxygen atoms in total. The van der Waals surface area contributed by atoms with Gasteiger partial charge in [-0.25, -0.2) is 15.4 Å². The lowest BCUT2D eigenvalue weighted by Crippen LogP contribution is -2.45. The zero-order chi connectivity index (χ0) is 18.9. The molecule has 144 valence electrons. The van der Waals surface area contributed by atoms with Crippen molar-refractivity contribution in [2.75, 3.05) is 0 Å². The quantitative estimate of drug-likeness (QED) is 0.649. The summed E-state index contributed by atoms with van der Waals surface area (Å²) in [5.41, 5.74) is 9.40. The van der Waals surface area contributed by atoms with Gasteiger partial charge in [0.05, 0.1) is 11.0 Å². The number of rotatable bonds is 4. The molecule has 2 fully saturated rings. The van der Waals surface area contributed by atoms with Crippen LogP contribution in [0.1, 0.15) is 31.2 Å². The van der Waals surface area contributed by atoms with Crippen molar-refractivity contribution in [2.45, 2.75) is 44.3 Å². The van der Waals surface area contributed by atoms with Crippen LogP contribution in [-0.2, 0) is 11.3 Å². The highest BCUT2D eigenvalue weighted by atomic mass is 16.2. The van der Waals surface area contributed by atoms with Crippen molar-refractivity contribution >= 4 is 16.9 Å². The van der Waals surface area contributed by atoms with Crippen molar-refractivity contribution in [1.82, 2.24) is 30.7 Å². The summed E-state index contributed by atoms with van der Waals surface area (Å²) in [4.78, 5) is 21.8. The fourth-order valence-corrected chi connectivity index (χ4v) is 4.51. The molecule has 0 radical (unpaired) electrons. The first-order chi connectivity index (χ1) is 13.8. The highest BCUT2D eigenvalue weighted by Gasteiger charge is 2.40. The monoisotopic (exact) mass is 376 g/mol. The Morgan fingerprint density at radius 3 is 2.96 bits per heavy atom. The van der Waals surface area contributed by atoms with Crippen molar-refractivity contribution in [3.8, 4) is 5.82 Å². The Morgan fingerprint density at radius 1 is 1.11 bits per heavy atom. The number of para-hydroxylation sites is 2. The lowest BCUT2D eigenvalue weighted by atomic mass is 9.81. The number of hydrogen-bond acceptors (Lipinski definition) is 5. The van der Waals surface area contributed by atoms with Gasteiger partial charge in [-0.15, -0.1) is 0 Å². The Morgan fingerprint density at radius 2 is 2.00 bits per heavy atom. The Balaban J connectivity index is 1.35. The topological polar surface area (TPSA) is 83.9 Å². The van der Waals surface area contributed by atoms with Crippen LogP contribution in [0.3, 0.4) is 0 Å². The van der Waals surface area contributed by atoms with Crippen molar-refractivity contribution in [1.29, 1.82) is 0 Å². The summed E-state index contributed by atoms with van der Waals surface area (Å²) in [6.07, 6.45) is 8.23. The summed E-state index contributed by atoms with van der Waals surface area (Å²) in [5, 5.41) is 3.11. The Kier molecular flexibility index (Phi) is 4.54. The largest absolute Gasteiger partial charge is 0.350 e. The van der Waals surface area contributed by atoms with Crippen molar-refractivity contribution in [2.24, 2.45) is 5.92 Å². The summed E-state index contributed by atoms with van der Waals surface area (Å²) >= 11 is 0. The van der Waals surface area contributed by atoms with E-state index >= 15 is 0 Å². The first kappa shape index (κ1) is 17.3. The maximum Gasteiger partial charge on any atom is 0.239 e. The van der Waals surface area contributed by atoms with Crippen LogP contribution in [0, 0.1) is 5.92 Å². The molecule has 28 heavy (non-hydrogen) atoms. The van der Waals surface area contributed by atoms with Crippen molar-refractivity contribution < 1.29 is 4.79 Å². The van der Waals surface area contributed by atoms with E-state index in [4.69, 9.17) is 0 Å². The third kappa shape index (κ3) is 3.06. The molecule has 1 saturated heterocycles. The lowest BCUT2D eigenvalue weighted by molar-refractivity contribution is -0.124. The molecule has 1 amide bonds. The van der Waals surface area contributed by atoms with Crippen LogP contribution in [0.2, 0.25) is 0 Å². The van der Waals surface area contributed by atoms with Gasteiger partial charge in [0, 0.05) is 30.3 Å². The third-order valence-corrected chi connectivity index (χ3v) is 5.96. The zero-order valence-corrected chi connectivity index (χ0v) is 15.6. The molecule has 1 aliphatic heterocycles. The van der Waals surface area contributed by atoms with Gasteiger partial charge in [-0.3, -0.25) is 14.8 Å². The molecule has 1 aromatic carbocycles. The van der Waals surface area contributed by atoms with E-state index in [1.54, 1.807) is 12.5 Å². The minimum absolute atomic E-state index is 0.0483. The van der Waals surface area contributed by atoms with E-state index in [1.807, 2.05) is 41.0 Å². The van der Waals surface area contributed by atoms with E-state index in [9.17, 15) is 4.79 Å². The normalized spacial score (nSPS) is 24.2. The van der Waals surface area contributed by atoms with E-state index in [2.05, 4.69) is 26.1 Å². The summed E-state index contributed by atoms with van der Waals surface area (Å²) in [5.74, 6) is 1.22. The fraction of sp³-hybridized carbons (Fsp3) is 0.381. The van der Waals surface area contributed by atoms with Gasteiger partial charge < -0.3 is 5.32 Å². The van der Waals surface area contributed by atoms with Gasteiger partial charge in [-0.1, -0.05) is 31.0 Å². The number of hydrogen-bond donors (Lipinski definition) is 3. The number of amides is 1. The van der Waals surface area contributed by atoms with Crippen LogP contribution in [0.25, 0.3) is 16.9 Å². The molecule has 3 N–H and O–H groups in total. The van der Waals surface area contributed by atoms with Crippen molar-refractivity contribution in [3.05, 3.63) is 54.5 Å². The second kappa shape index (κ2) is 7.33. The van der Waals surface area contributed by atoms with Crippen LogP contribution < -0.4 is 16.2 Å². The van der Waals surface area contributed by atoms with Gasteiger partial charge >= 0.3 is 0 Å². The summed E-state index contributed by atoms with van der Waals surface area (Å²) in [6, 6.07) is 12.1. The molecule has 5 rings (SSSR count). The first-order valence-electron chi connectivity index (χ1n) is 9.96. The second-order valence-corrected chi connectivity index (χ2v) is 7.63. The molecule has 1 aliphatic carbocycles. The maximum atomic E-state index is 12.8. The molecule has 2 aliphatic rings. The molecular weight excluding hydrogens is 352 g/mol. The van der Waals surface area contributed by atoms with E-state index in [0.29, 0.717) is 18.5 Å². The van der Waals surface area contributed by atoms with Gasteiger partial charge in [0.2, 0.25) is 5.91 Å². The molecule has 7 heteroatoms. The molecule has 3 aromatic rings. The molecule has 3 atom stereocenters. The molecule has 0 bridgehead atoms. The number of imidazole rings is 1. The number of nitrogens with zero attached hydrogens (tertiary/aromatic N) is 3. The standard InChI is InChI=1S/C21H24N6O/c28-21(19-15-7-1-2-8-16(15)25-26-19)23-12-14-6-5-11-22-20(14)27-13-24-17-9-3-4-10-18(17)27/h3-6,9-11,13,15-16,19,25-26H,1-2,7-8,12H2,(H,23,28). The molecule has 3 unspecified atom stereocenters. The fourth-order valence-electron chi connectivity index (χ4n) is 4.51. The van der Waals surface area contributed by atoms with Gasteiger partial charge in [0.1, 0.15) is 18.2 Å². The second-order valence-electron chi connectivity index (χ2n) is 7.63. The summed E-state index contributed by atoms with van der Waals surface area (Å²) in [7, 11) is 0. The number of carbonyl (C=O) groups excluding carboxylic acids is 1. The van der Waals surface area contributed by atoms with Crippen LogP contribution >= 0.6 is 0 Å². The maximum absolute atomic E-state index is 12.8. The van der Waals surface area contributed by atoms with Gasteiger partial charge in [0.25, 0.3) is 0 Å². The molecule has 0 spiro atoms. The zero-order valence-electron chi connectivity index (χ0n) is 15.6. The van der Waals surface area contributed by atoms with Crippen LogP contribution in [-0.4, -0.2) is 32.5 Å². The number of carbonyl (C=O) groups is 1. The van der Waals surface area contributed by atoms with Crippen LogP contribution in [0.15, 0.2) is 48.9 Å². The van der Waals surface area contributed by atoms with Crippen LogP contribution in [0.4, 0.5) is 0 Å². The highest BCUT2D eigenvalue weighted by Crippen LogP contribution is 2.30. The Labute approximate surface area is 163 Å². The number of hydrazine groups is 1. The van der Waals surface area contributed by atoms with Gasteiger partial charge in [0.15, 0.2) is 0 Å². The van der Waals surface area contributed by atoms with E-state index in [-0.39, 0.29) is 11.9 Å². The highest BCUT2D eigenvalue weighted by molar-refractivity contribution is 5.82. The van der Waals surface area contributed by atoms with Gasteiger partial charge in [-0.05, 0) is 31.0 Å². The smallest absolute Gasteiger partial charge is 0.239 e. The average Bonchev–Trinajstić information content (AvgIpc) is 3.37. The number of aromatic nitrogens is 3.